The summed E-state index contributed by atoms with van der Waals surface area (Å²) in [5, 5.41) is 8.72. The fourth-order valence-electron chi connectivity index (χ4n) is 2.39. The van der Waals surface area contributed by atoms with Crippen LogP contribution in [0.25, 0.3) is 0 Å². The van der Waals surface area contributed by atoms with Crippen molar-refractivity contribution in [1.82, 2.24) is 4.90 Å². The van der Waals surface area contributed by atoms with E-state index >= 15 is 0 Å². The van der Waals surface area contributed by atoms with Crippen LogP contribution in [0.1, 0.15) is 44.9 Å². The third-order valence-corrected chi connectivity index (χ3v) is 3.53. The molecule has 0 aliphatic carbocycles. The zero-order chi connectivity index (χ0) is 13.4. The summed E-state index contributed by atoms with van der Waals surface area (Å²) in [6, 6.07) is 0. The number of nitrogens with zero attached hydrogens (tertiary/aromatic N) is 1. The van der Waals surface area contributed by atoms with Crippen LogP contribution in [-0.4, -0.2) is 41.5 Å². The quantitative estimate of drug-likeness (QED) is 0.671. The number of carboxylic acids is 1. The number of piperidine rings is 1. The first-order chi connectivity index (χ1) is 8.63. The third-order valence-electron chi connectivity index (χ3n) is 3.53. The number of hydrogen-bond acceptors (Lipinski definition) is 3. The molecule has 18 heavy (non-hydrogen) atoms. The van der Waals surface area contributed by atoms with Crippen LogP contribution in [0.3, 0.4) is 0 Å². The van der Waals surface area contributed by atoms with Crippen molar-refractivity contribution in [2.45, 2.75) is 44.9 Å². The Morgan fingerprint density at radius 1 is 1.17 bits per heavy atom. The van der Waals surface area contributed by atoms with Gasteiger partial charge in [0.05, 0.1) is 0 Å². The van der Waals surface area contributed by atoms with Gasteiger partial charge >= 0.3 is 5.97 Å². The molecule has 5 nitrogen and oxygen atoms in total. The standard InChI is InChI=1S/C13H24N2O3/c14-7-3-1-2-4-12(16)15-8-5-11(6-9-15)10-13(17)18/h11H,1-10,14H2,(H,17,18). The lowest BCUT2D eigenvalue weighted by Gasteiger charge is -2.31. The Bertz CT molecular complexity index is 273. The molecule has 1 aliphatic heterocycles. The van der Waals surface area contributed by atoms with Gasteiger partial charge in [-0.05, 0) is 38.1 Å². The van der Waals surface area contributed by atoms with Crippen LogP contribution < -0.4 is 5.73 Å². The monoisotopic (exact) mass is 256 g/mol. The van der Waals surface area contributed by atoms with Crippen LogP contribution in [0.4, 0.5) is 0 Å². The Kier molecular flexibility index (Phi) is 6.72. The number of likely N-dealkylation sites (tertiary alicyclic amines) is 1. The highest BCUT2D eigenvalue weighted by molar-refractivity contribution is 5.76. The van der Waals surface area contributed by atoms with Gasteiger partial charge in [-0.2, -0.15) is 0 Å². The molecule has 0 spiro atoms. The van der Waals surface area contributed by atoms with E-state index in [1.807, 2.05) is 4.90 Å². The van der Waals surface area contributed by atoms with Gasteiger partial charge in [-0.1, -0.05) is 6.42 Å². The molecule has 1 aliphatic rings. The lowest BCUT2D eigenvalue weighted by Crippen LogP contribution is -2.38. The van der Waals surface area contributed by atoms with Gasteiger partial charge in [-0.25, -0.2) is 0 Å². The second kappa shape index (κ2) is 8.08. The molecular formula is C13H24N2O3. The predicted molar refractivity (Wildman–Crippen MR) is 69.1 cm³/mol. The van der Waals surface area contributed by atoms with Crippen LogP contribution >= 0.6 is 0 Å². The van der Waals surface area contributed by atoms with Crippen molar-refractivity contribution in [3.63, 3.8) is 0 Å². The van der Waals surface area contributed by atoms with E-state index in [9.17, 15) is 9.59 Å². The zero-order valence-corrected chi connectivity index (χ0v) is 10.9. The number of amides is 1. The van der Waals surface area contributed by atoms with Gasteiger partial charge in [0.1, 0.15) is 0 Å². The average Bonchev–Trinajstić information content (AvgIpc) is 2.34. The van der Waals surface area contributed by atoms with Crippen LogP contribution in [0.5, 0.6) is 0 Å². The maximum atomic E-state index is 11.9. The highest BCUT2D eigenvalue weighted by Gasteiger charge is 2.23. The van der Waals surface area contributed by atoms with Crippen LogP contribution in [0, 0.1) is 5.92 Å². The minimum atomic E-state index is -0.735. The van der Waals surface area contributed by atoms with Gasteiger partial charge in [0.25, 0.3) is 0 Å². The molecule has 0 atom stereocenters. The van der Waals surface area contributed by atoms with Crippen LogP contribution in [0.15, 0.2) is 0 Å². The van der Waals surface area contributed by atoms with Crippen molar-refractivity contribution in [2.24, 2.45) is 11.7 Å². The molecular weight excluding hydrogens is 232 g/mol. The van der Waals surface area contributed by atoms with Crippen LogP contribution in [0.2, 0.25) is 0 Å². The molecule has 0 aromatic heterocycles. The van der Waals surface area contributed by atoms with Crippen molar-refractivity contribution in [1.29, 1.82) is 0 Å². The number of carbonyl (C=O) groups excluding carboxylic acids is 1. The highest BCUT2D eigenvalue weighted by Crippen LogP contribution is 2.21. The van der Waals surface area contributed by atoms with E-state index in [2.05, 4.69) is 0 Å². The number of carbonyl (C=O) groups is 2. The molecule has 0 unspecified atom stereocenters. The SMILES string of the molecule is NCCCCCC(=O)N1CCC(CC(=O)O)CC1. The van der Waals surface area contributed by atoms with E-state index in [4.69, 9.17) is 10.8 Å². The summed E-state index contributed by atoms with van der Waals surface area (Å²) in [7, 11) is 0. The van der Waals surface area contributed by atoms with Gasteiger partial charge in [0, 0.05) is 25.9 Å². The van der Waals surface area contributed by atoms with E-state index in [-0.39, 0.29) is 18.2 Å². The molecule has 0 aromatic rings. The second-order valence-electron chi connectivity index (χ2n) is 5.02. The molecule has 1 amide bonds. The molecule has 0 bridgehead atoms. The Labute approximate surface area is 108 Å². The lowest BCUT2D eigenvalue weighted by molar-refractivity contribution is -0.138. The maximum absolute atomic E-state index is 11.9. The average molecular weight is 256 g/mol. The van der Waals surface area contributed by atoms with Crippen molar-refractivity contribution >= 4 is 11.9 Å². The molecule has 1 saturated heterocycles. The van der Waals surface area contributed by atoms with Gasteiger partial charge in [-0.15, -0.1) is 0 Å². The molecule has 3 N–H and O–H groups in total. The maximum Gasteiger partial charge on any atom is 0.303 e. The third kappa shape index (κ3) is 5.49. The summed E-state index contributed by atoms with van der Waals surface area (Å²) in [6.07, 6.45) is 5.38. The Morgan fingerprint density at radius 3 is 2.39 bits per heavy atom. The lowest BCUT2D eigenvalue weighted by atomic mass is 9.93. The minimum absolute atomic E-state index is 0.209. The van der Waals surface area contributed by atoms with Gasteiger partial charge < -0.3 is 15.7 Å². The first-order valence-electron chi connectivity index (χ1n) is 6.83. The number of unbranched alkanes of at least 4 members (excludes halogenated alkanes) is 2. The number of hydrogen-bond donors (Lipinski definition) is 2. The first-order valence-corrected chi connectivity index (χ1v) is 6.83. The number of carboxylic acid groups (broad SMARTS) is 1. The van der Waals surface area contributed by atoms with Crippen molar-refractivity contribution in [3.05, 3.63) is 0 Å². The molecule has 0 saturated carbocycles. The highest BCUT2D eigenvalue weighted by atomic mass is 16.4. The molecule has 1 heterocycles. The van der Waals surface area contributed by atoms with Crippen molar-refractivity contribution in [3.8, 4) is 0 Å². The topological polar surface area (TPSA) is 83.6 Å². The largest absolute Gasteiger partial charge is 0.481 e. The van der Waals surface area contributed by atoms with Gasteiger partial charge in [0.2, 0.25) is 5.91 Å². The Balaban J connectivity index is 2.17. The fourth-order valence-corrected chi connectivity index (χ4v) is 2.39. The molecule has 1 rings (SSSR count). The molecule has 104 valence electrons. The summed E-state index contributed by atoms with van der Waals surface area (Å²) in [4.78, 5) is 24.3. The summed E-state index contributed by atoms with van der Waals surface area (Å²) in [6.45, 7) is 2.12. The molecule has 0 radical (unpaired) electrons. The first kappa shape index (κ1) is 15.0. The summed E-state index contributed by atoms with van der Waals surface area (Å²) >= 11 is 0. The fraction of sp³-hybridized carbons (Fsp3) is 0.846. The van der Waals surface area contributed by atoms with E-state index < -0.39 is 5.97 Å². The summed E-state index contributed by atoms with van der Waals surface area (Å²) < 4.78 is 0. The smallest absolute Gasteiger partial charge is 0.303 e. The summed E-state index contributed by atoms with van der Waals surface area (Å²) in [5.74, 6) is -0.286. The zero-order valence-electron chi connectivity index (χ0n) is 10.9. The van der Waals surface area contributed by atoms with Crippen LogP contribution in [-0.2, 0) is 9.59 Å². The number of rotatable bonds is 7. The molecule has 5 heteroatoms. The molecule has 1 fully saturated rings. The van der Waals surface area contributed by atoms with E-state index in [0.717, 1.165) is 32.1 Å². The van der Waals surface area contributed by atoms with Crippen molar-refractivity contribution < 1.29 is 14.7 Å². The van der Waals surface area contributed by atoms with Crippen molar-refractivity contribution in [2.75, 3.05) is 19.6 Å². The van der Waals surface area contributed by atoms with Gasteiger partial charge in [0.15, 0.2) is 0 Å². The van der Waals surface area contributed by atoms with E-state index in [1.54, 1.807) is 0 Å². The number of aliphatic carboxylic acids is 1. The van der Waals surface area contributed by atoms with Gasteiger partial charge in [-0.3, -0.25) is 9.59 Å². The Hall–Kier alpha value is -1.10. The molecule has 0 aromatic carbocycles. The van der Waals surface area contributed by atoms with E-state index in [1.165, 1.54) is 0 Å². The predicted octanol–water partition coefficient (Wildman–Crippen LogP) is 1.22. The summed E-state index contributed by atoms with van der Waals surface area (Å²) in [5.41, 5.74) is 5.40. The normalized spacial score (nSPS) is 16.8. The number of nitrogens with two attached hydrogens (primary N) is 1. The minimum Gasteiger partial charge on any atom is -0.481 e. The second-order valence-corrected chi connectivity index (χ2v) is 5.02. The Morgan fingerprint density at radius 2 is 1.83 bits per heavy atom. The van der Waals surface area contributed by atoms with E-state index in [0.29, 0.717) is 26.1 Å².